The van der Waals surface area contributed by atoms with Gasteiger partial charge in [-0.15, -0.1) is 0 Å². The first-order chi connectivity index (χ1) is 14.4. The number of rotatable bonds is 4. The van der Waals surface area contributed by atoms with Gasteiger partial charge < -0.3 is 25.3 Å². The van der Waals surface area contributed by atoms with Crippen molar-refractivity contribution in [1.82, 2.24) is 9.97 Å². The molecule has 1 aromatic carbocycles. The van der Waals surface area contributed by atoms with E-state index in [0.29, 0.717) is 39.7 Å². The molecule has 7 nitrogen and oxygen atoms in total. The summed E-state index contributed by atoms with van der Waals surface area (Å²) in [7, 11) is 1.69. The maximum Gasteiger partial charge on any atom is 0.323 e. The van der Waals surface area contributed by atoms with Crippen molar-refractivity contribution in [3.8, 4) is 0 Å². The lowest BCUT2D eigenvalue weighted by Crippen LogP contribution is -2.39. The van der Waals surface area contributed by atoms with Crippen molar-refractivity contribution < 1.29 is 18.3 Å². The number of piperidine rings is 1. The van der Waals surface area contributed by atoms with Gasteiger partial charge in [-0.25, -0.2) is 18.6 Å². The average molecular weight is 436 g/mol. The zero-order valence-electron chi connectivity index (χ0n) is 16.1. The summed E-state index contributed by atoms with van der Waals surface area (Å²) in [5.41, 5.74) is 1.09. The molecule has 0 bridgehead atoms. The SMILES string of the molecule is CO[C@H]1CCCN(c2ncc(NC(=O)Nc3c[nH]c4cc(F)c(F)cc34)cc2Cl)C1. The lowest BCUT2D eigenvalue weighted by Gasteiger charge is -2.33. The van der Waals surface area contributed by atoms with E-state index in [1.807, 2.05) is 0 Å². The van der Waals surface area contributed by atoms with Crippen LogP contribution in [0.4, 0.5) is 30.8 Å². The van der Waals surface area contributed by atoms with E-state index in [0.717, 1.165) is 31.5 Å². The number of nitrogens with one attached hydrogen (secondary N) is 3. The summed E-state index contributed by atoms with van der Waals surface area (Å²) < 4.78 is 32.3. The second-order valence-corrected chi connectivity index (χ2v) is 7.48. The summed E-state index contributed by atoms with van der Waals surface area (Å²) in [6.07, 6.45) is 5.08. The summed E-state index contributed by atoms with van der Waals surface area (Å²) >= 11 is 6.39. The fraction of sp³-hybridized carbons (Fsp3) is 0.300. The van der Waals surface area contributed by atoms with E-state index >= 15 is 0 Å². The van der Waals surface area contributed by atoms with Crippen LogP contribution in [0.1, 0.15) is 12.8 Å². The number of hydrogen-bond acceptors (Lipinski definition) is 4. The predicted octanol–water partition coefficient (Wildman–Crippen LogP) is 4.75. The van der Waals surface area contributed by atoms with Crippen LogP contribution in [0.3, 0.4) is 0 Å². The van der Waals surface area contributed by atoms with Crippen LogP contribution >= 0.6 is 11.6 Å². The van der Waals surface area contributed by atoms with E-state index in [4.69, 9.17) is 16.3 Å². The Morgan fingerprint density at radius 1 is 1.30 bits per heavy atom. The third-order valence-corrected chi connectivity index (χ3v) is 5.34. The number of anilines is 3. The summed E-state index contributed by atoms with van der Waals surface area (Å²) in [6, 6.07) is 3.11. The third kappa shape index (κ3) is 4.17. The molecule has 0 spiro atoms. The number of methoxy groups -OCH3 is 1. The Balaban J connectivity index is 1.45. The molecule has 3 heterocycles. The van der Waals surface area contributed by atoms with Gasteiger partial charge in [-0.1, -0.05) is 11.6 Å². The molecule has 0 aliphatic carbocycles. The molecule has 1 atom stereocenters. The van der Waals surface area contributed by atoms with Crippen LogP contribution < -0.4 is 15.5 Å². The van der Waals surface area contributed by atoms with Gasteiger partial charge in [0.1, 0.15) is 5.82 Å². The first-order valence-corrected chi connectivity index (χ1v) is 9.80. The number of benzene rings is 1. The molecule has 0 saturated carbocycles. The zero-order chi connectivity index (χ0) is 21.3. The molecule has 158 valence electrons. The Morgan fingerprint density at radius 3 is 2.87 bits per heavy atom. The van der Waals surface area contributed by atoms with Crippen LogP contribution in [0.2, 0.25) is 5.02 Å². The number of H-pyrrole nitrogens is 1. The van der Waals surface area contributed by atoms with Crippen molar-refractivity contribution >= 4 is 45.7 Å². The van der Waals surface area contributed by atoms with Crippen LogP contribution in [0, 0.1) is 11.6 Å². The van der Waals surface area contributed by atoms with Gasteiger partial charge >= 0.3 is 6.03 Å². The lowest BCUT2D eigenvalue weighted by molar-refractivity contribution is 0.0891. The van der Waals surface area contributed by atoms with Crippen molar-refractivity contribution in [3.63, 3.8) is 0 Å². The summed E-state index contributed by atoms with van der Waals surface area (Å²) in [4.78, 5) is 21.6. The molecular formula is C20H20ClF2N5O2. The van der Waals surface area contributed by atoms with Gasteiger partial charge in [0.05, 0.1) is 34.2 Å². The average Bonchev–Trinajstić information content (AvgIpc) is 3.09. The van der Waals surface area contributed by atoms with Crippen molar-refractivity contribution in [2.24, 2.45) is 0 Å². The normalized spacial score (nSPS) is 16.7. The molecule has 30 heavy (non-hydrogen) atoms. The molecule has 3 aromatic rings. The largest absolute Gasteiger partial charge is 0.380 e. The molecule has 1 saturated heterocycles. The fourth-order valence-electron chi connectivity index (χ4n) is 3.56. The van der Waals surface area contributed by atoms with Crippen LogP contribution in [0.5, 0.6) is 0 Å². The molecule has 0 radical (unpaired) electrons. The van der Waals surface area contributed by atoms with E-state index < -0.39 is 17.7 Å². The molecule has 1 aliphatic rings. The number of amides is 2. The van der Waals surface area contributed by atoms with Gasteiger partial charge in [-0.3, -0.25) is 0 Å². The first-order valence-electron chi connectivity index (χ1n) is 9.42. The molecule has 1 aliphatic heterocycles. The second-order valence-electron chi connectivity index (χ2n) is 7.07. The summed E-state index contributed by atoms with van der Waals surface area (Å²) in [6.45, 7) is 1.53. The minimum atomic E-state index is -0.995. The van der Waals surface area contributed by atoms with Gasteiger partial charge in [-0.05, 0) is 25.0 Å². The Bertz CT molecular complexity index is 1090. The Morgan fingerprint density at radius 2 is 2.10 bits per heavy atom. The molecule has 3 N–H and O–H groups in total. The van der Waals surface area contributed by atoms with Crippen LogP contribution in [0.25, 0.3) is 10.9 Å². The number of pyridine rings is 1. The predicted molar refractivity (Wildman–Crippen MR) is 112 cm³/mol. The first kappa shape index (κ1) is 20.4. The van der Waals surface area contributed by atoms with Crippen molar-refractivity contribution in [3.05, 3.63) is 47.2 Å². The molecule has 10 heteroatoms. The standard InChI is InChI=1S/C20H20ClF2N5O2/c1-30-12-3-2-4-28(10-12)19-14(21)5-11(8-25-19)26-20(29)27-18-9-24-17-7-16(23)15(22)6-13(17)18/h5-9,12,24H,2-4,10H2,1H3,(H2,26,27,29)/t12-/m0/s1. The molecule has 4 rings (SSSR count). The smallest absolute Gasteiger partial charge is 0.323 e. The molecule has 2 aromatic heterocycles. The van der Waals surface area contributed by atoms with Crippen molar-refractivity contribution in [1.29, 1.82) is 0 Å². The lowest BCUT2D eigenvalue weighted by atomic mass is 10.1. The molecule has 0 unspecified atom stereocenters. The van der Waals surface area contributed by atoms with Gasteiger partial charge in [-0.2, -0.15) is 0 Å². The number of aromatic amines is 1. The number of fused-ring (bicyclic) bond motifs is 1. The van der Waals surface area contributed by atoms with E-state index in [2.05, 4.69) is 25.5 Å². The number of halogens is 3. The topological polar surface area (TPSA) is 82.3 Å². The Labute approximate surface area is 176 Å². The fourth-order valence-corrected chi connectivity index (χ4v) is 3.85. The maximum atomic E-state index is 13.5. The van der Waals surface area contributed by atoms with Gasteiger partial charge in [0.2, 0.25) is 0 Å². The Kier molecular flexibility index (Phi) is 5.74. The van der Waals surface area contributed by atoms with Gasteiger partial charge in [0.15, 0.2) is 11.6 Å². The maximum absolute atomic E-state index is 13.5. The van der Waals surface area contributed by atoms with Crippen LogP contribution in [-0.4, -0.2) is 42.3 Å². The number of hydrogen-bond donors (Lipinski definition) is 3. The summed E-state index contributed by atoms with van der Waals surface area (Å²) in [5, 5.41) is 6.01. The quantitative estimate of drug-likeness (QED) is 0.552. The highest BCUT2D eigenvalue weighted by molar-refractivity contribution is 6.33. The minimum Gasteiger partial charge on any atom is -0.380 e. The second kappa shape index (κ2) is 8.45. The monoisotopic (exact) mass is 435 g/mol. The van der Waals surface area contributed by atoms with E-state index in [-0.39, 0.29) is 6.10 Å². The number of carbonyl (C=O) groups excluding carboxylic acids is 1. The number of aromatic nitrogens is 2. The van der Waals surface area contributed by atoms with E-state index in [1.165, 1.54) is 12.4 Å². The molecule has 2 amide bonds. The van der Waals surface area contributed by atoms with Crippen LogP contribution in [0.15, 0.2) is 30.6 Å². The zero-order valence-corrected chi connectivity index (χ0v) is 16.9. The highest BCUT2D eigenvalue weighted by Crippen LogP contribution is 2.29. The highest BCUT2D eigenvalue weighted by atomic mass is 35.5. The minimum absolute atomic E-state index is 0.134. The van der Waals surface area contributed by atoms with Gasteiger partial charge in [0.25, 0.3) is 0 Å². The molecule has 1 fully saturated rings. The number of urea groups is 1. The molecular weight excluding hydrogens is 416 g/mol. The number of nitrogens with zero attached hydrogens (tertiary/aromatic N) is 2. The summed E-state index contributed by atoms with van der Waals surface area (Å²) in [5.74, 6) is -1.32. The Hall–Kier alpha value is -2.91. The highest BCUT2D eigenvalue weighted by Gasteiger charge is 2.22. The third-order valence-electron chi connectivity index (χ3n) is 5.06. The van der Waals surface area contributed by atoms with Gasteiger partial charge in [0, 0.05) is 37.8 Å². The van der Waals surface area contributed by atoms with Crippen molar-refractivity contribution in [2.75, 3.05) is 35.7 Å². The van der Waals surface area contributed by atoms with E-state index in [9.17, 15) is 13.6 Å². The van der Waals surface area contributed by atoms with Crippen LogP contribution in [-0.2, 0) is 4.74 Å². The van der Waals surface area contributed by atoms with E-state index in [1.54, 1.807) is 13.2 Å². The van der Waals surface area contributed by atoms with Crippen molar-refractivity contribution in [2.45, 2.75) is 18.9 Å². The number of ether oxygens (including phenoxy) is 1. The number of carbonyl (C=O) groups is 1.